The van der Waals surface area contributed by atoms with Crippen LogP contribution in [0.1, 0.15) is 30.4 Å². The molecule has 1 aromatic rings. The summed E-state index contributed by atoms with van der Waals surface area (Å²) in [5, 5.41) is 8.72. The zero-order valence-electron chi connectivity index (χ0n) is 13.2. The van der Waals surface area contributed by atoms with E-state index in [0.29, 0.717) is 12.5 Å². The zero-order valence-corrected chi connectivity index (χ0v) is 13.2. The van der Waals surface area contributed by atoms with Gasteiger partial charge in [0.25, 0.3) is 0 Å². The Labute approximate surface area is 128 Å². The van der Waals surface area contributed by atoms with Crippen LogP contribution < -0.4 is 0 Å². The maximum atomic E-state index is 8.72. The van der Waals surface area contributed by atoms with Gasteiger partial charge >= 0.3 is 0 Å². The average molecular weight is 286 g/mol. The van der Waals surface area contributed by atoms with E-state index in [9.17, 15) is 0 Å². The maximum Gasteiger partial charge on any atom is 0.0540 e. The van der Waals surface area contributed by atoms with Crippen molar-refractivity contribution < 1.29 is 5.11 Å². The third kappa shape index (κ3) is 5.17. The van der Waals surface area contributed by atoms with Crippen LogP contribution in [0.15, 0.2) is 24.3 Å². The number of aliphatic hydroxyl groups is 1. The van der Waals surface area contributed by atoms with Gasteiger partial charge in [-0.3, -0.25) is 4.90 Å². The molecule has 0 aliphatic carbocycles. The molecular formula is C18H26N2O. The first kappa shape index (κ1) is 16.0. The second-order valence-electron chi connectivity index (χ2n) is 5.95. The lowest BCUT2D eigenvalue weighted by Crippen LogP contribution is -2.44. The molecular weight excluding hydrogens is 260 g/mol. The summed E-state index contributed by atoms with van der Waals surface area (Å²) in [5.74, 6) is 6.02. The first-order valence-corrected chi connectivity index (χ1v) is 7.76. The van der Waals surface area contributed by atoms with Crippen LogP contribution in [0.2, 0.25) is 0 Å². The van der Waals surface area contributed by atoms with Crippen LogP contribution in [0.25, 0.3) is 0 Å². The maximum absolute atomic E-state index is 8.72. The van der Waals surface area contributed by atoms with E-state index in [1.54, 1.807) is 0 Å². The number of nitrogens with zero attached hydrogens (tertiary/aromatic N) is 2. The van der Waals surface area contributed by atoms with E-state index in [4.69, 9.17) is 5.11 Å². The van der Waals surface area contributed by atoms with Crippen molar-refractivity contribution in [1.82, 2.24) is 9.80 Å². The van der Waals surface area contributed by atoms with Gasteiger partial charge in [-0.15, -0.1) is 0 Å². The molecule has 1 fully saturated rings. The highest BCUT2D eigenvalue weighted by Gasteiger charge is 2.20. The Morgan fingerprint density at radius 1 is 1.33 bits per heavy atom. The lowest BCUT2D eigenvalue weighted by atomic mass is 10.0. The van der Waals surface area contributed by atoms with Gasteiger partial charge in [-0.1, -0.05) is 24.0 Å². The summed E-state index contributed by atoms with van der Waals surface area (Å²) in [7, 11) is 4.43. The van der Waals surface area contributed by atoms with Crippen LogP contribution in [0.4, 0.5) is 0 Å². The van der Waals surface area contributed by atoms with Gasteiger partial charge in [0.2, 0.25) is 0 Å². The molecule has 1 N–H and O–H groups in total. The quantitative estimate of drug-likeness (QED) is 0.857. The van der Waals surface area contributed by atoms with Crippen molar-refractivity contribution in [2.45, 2.75) is 31.8 Å². The lowest BCUT2D eigenvalue weighted by molar-refractivity contribution is 0.129. The summed E-state index contributed by atoms with van der Waals surface area (Å²) in [5.41, 5.74) is 2.35. The number of likely N-dealkylation sites (tertiary alicyclic amines) is 1. The molecule has 1 aromatic carbocycles. The van der Waals surface area contributed by atoms with E-state index in [1.807, 2.05) is 0 Å². The topological polar surface area (TPSA) is 26.7 Å². The Hall–Kier alpha value is -1.34. The highest BCUT2D eigenvalue weighted by molar-refractivity contribution is 5.36. The fourth-order valence-electron chi connectivity index (χ4n) is 2.83. The Balaban J connectivity index is 1.89. The highest BCUT2D eigenvalue weighted by Crippen LogP contribution is 2.16. The van der Waals surface area contributed by atoms with E-state index in [0.717, 1.165) is 12.1 Å². The Morgan fingerprint density at radius 3 is 2.76 bits per heavy atom. The van der Waals surface area contributed by atoms with Gasteiger partial charge in [-0.05, 0) is 51.2 Å². The summed E-state index contributed by atoms with van der Waals surface area (Å²) < 4.78 is 0. The first-order valence-electron chi connectivity index (χ1n) is 7.76. The predicted octanol–water partition coefficient (Wildman–Crippen LogP) is 1.95. The van der Waals surface area contributed by atoms with Gasteiger partial charge < -0.3 is 10.0 Å². The van der Waals surface area contributed by atoms with E-state index in [2.05, 4.69) is 60.0 Å². The van der Waals surface area contributed by atoms with Gasteiger partial charge in [0.05, 0.1) is 6.61 Å². The molecule has 21 heavy (non-hydrogen) atoms. The van der Waals surface area contributed by atoms with Crippen LogP contribution in [0.5, 0.6) is 0 Å². The van der Waals surface area contributed by atoms with Gasteiger partial charge in [-0.2, -0.15) is 0 Å². The van der Waals surface area contributed by atoms with Crippen molar-refractivity contribution in [3.63, 3.8) is 0 Å². The third-order valence-electron chi connectivity index (χ3n) is 4.08. The van der Waals surface area contributed by atoms with Crippen LogP contribution in [-0.4, -0.2) is 54.7 Å². The Bertz CT molecular complexity index is 486. The van der Waals surface area contributed by atoms with E-state index >= 15 is 0 Å². The minimum Gasteiger partial charge on any atom is -0.395 e. The summed E-state index contributed by atoms with van der Waals surface area (Å²) in [6, 6.07) is 9.12. The molecule has 2 rings (SSSR count). The zero-order chi connectivity index (χ0) is 15.1. The molecule has 0 amide bonds. The Kier molecular flexibility index (Phi) is 6.25. The van der Waals surface area contributed by atoms with Crippen molar-refractivity contribution in [3.8, 4) is 11.8 Å². The van der Waals surface area contributed by atoms with Gasteiger partial charge in [0.15, 0.2) is 0 Å². The fourth-order valence-corrected chi connectivity index (χ4v) is 2.83. The molecule has 3 heteroatoms. The Morgan fingerprint density at radius 2 is 2.10 bits per heavy atom. The molecule has 0 bridgehead atoms. The average Bonchev–Trinajstić information content (AvgIpc) is 2.49. The standard InChI is InChI=1S/C18H26N2O/c1-19-12-5-7-18(15-19)20(2)14-17-10-8-16(9-11-17)6-3-4-13-21/h8-11,18,21H,4-5,7,12-15H2,1-2H3. The van der Waals surface area contributed by atoms with E-state index in [-0.39, 0.29) is 6.61 Å². The molecule has 1 unspecified atom stereocenters. The molecule has 1 aliphatic rings. The van der Waals surface area contributed by atoms with Crippen LogP contribution in [0.3, 0.4) is 0 Å². The van der Waals surface area contributed by atoms with Crippen LogP contribution in [0, 0.1) is 11.8 Å². The first-order chi connectivity index (χ1) is 10.2. The lowest BCUT2D eigenvalue weighted by Gasteiger charge is -2.35. The smallest absolute Gasteiger partial charge is 0.0540 e. The number of likely N-dealkylation sites (N-methyl/N-ethyl adjacent to an activating group) is 2. The monoisotopic (exact) mass is 286 g/mol. The number of rotatable bonds is 4. The molecule has 0 aromatic heterocycles. The molecule has 1 atom stereocenters. The summed E-state index contributed by atoms with van der Waals surface area (Å²) in [6.45, 7) is 3.52. The molecule has 114 valence electrons. The SMILES string of the molecule is CN1CCCC(N(C)Cc2ccc(C#CCCO)cc2)C1. The van der Waals surface area contributed by atoms with Crippen molar-refractivity contribution in [2.24, 2.45) is 0 Å². The summed E-state index contributed by atoms with van der Waals surface area (Å²) in [4.78, 5) is 4.88. The molecule has 0 spiro atoms. The van der Waals surface area contributed by atoms with Crippen LogP contribution in [-0.2, 0) is 6.54 Å². The predicted molar refractivity (Wildman–Crippen MR) is 87.0 cm³/mol. The number of hydrogen-bond donors (Lipinski definition) is 1. The van der Waals surface area contributed by atoms with Crippen molar-refractivity contribution in [1.29, 1.82) is 0 Å². The van der Waals surface area contributed by atoms with E-state index in [1.165, 1.54) is 31.5 Å². The summed E-state index contributed by atoms with van der Waals surface area (Å²) in [6.07, 6.45) is 3.14. The van der Waals surface area contributed by atoms with Crippen molar-refractivity contribution >= 4 is 0 Å². The largest absolute Gasteiger partial charge is 0.395 e. The van der Waals surface area contributed by atoms with Gasteiger partial charge in [0, 0.05) is 31.1 Å². The number of piperidine rings is 1. The number of hydrogen-bond acceptors (Lipinski definition) is 3. The normalized spacial score (nSPS) is 19.3. The minimum absolute atomic E-state index is 0.131. The number of benzene rings is 1. The van der Waals surface area contributed by atoms with Crippen molar-refractivity contribution in [2.75, 3.05) is 33.8 Å². The van der Waals surface area contributed by atoms with E-state index < -0.39 is 0 Å². The fraction of sp³-hybridized carbons (Fsp3) is 0.556. The molecule has 1 aliphatic heterocycles. The molecule has 0 radical (unpaired) electrons. The molecule has 1 heterocycles. The second-order valence-corrected chi connectivity index (χ2v) is 5.95. The third-order valence-corrected chi connectivity index (χ3v) is 4.08. The van der Waals surface area contributed by atoms with Crippen molar-refractivity contribution in [3.05, 3.63) is 35.4 Å². The minimum atomic E-state index is 0.131. The second kappa shape index (κ2) is 8.19. The number of aliphatic hydroxyl groups excluding tert-OH is 1. The molecule has 3 nitrogen and oxygen atoms in total. The van der Waals surface area contributed by atoms with Gasteiger partial charge in [0.1, 0.15) is 0 Å². The van der Waals surface area contributed by atoms with Crippen LogP contribution >= 0.6 is 0 Å². The molecule has 1 saturated heterocycles. The van der Waals surface area contributed by atoms with Gasteiger partial charge in [-0.25, -0.2) is 0 Å². The summed E-state index contributed by atoms with van der Waals surface area (Å²) >= 11 is 0. The highest BCUT2D eigenvalue weighted by atomic mass is 16.2. The molecule has 0 saturated carbocycles.